The van der Waals surface area contributed by atoms with Crippen LogP contribution >= 0.6 is 0 Å². The fraction of sp³-hybridized carbons (Fsp3) is 0.318. The van der Waals surface area contributed by atoms with Crippen molar-refractivity contribution in [3.63, 3.8) is 0 Å². The van der Waals surface area contributed by atoms with Crippen LogP contribution in [0.4, 0.5) is 5.69 Å². The van der Waals surface area contributed by atoms with Gasteiger partial charge in [0.2, 0.25) is 0 Å². The molecule has 1 N–H and O–H groups in total. The second kappa shape index (κ2) is 8.16. The van der Waals surface area contributed by atoms with E-state index in [1.807, 2.05) is 43.3 Å². The van der Waals surface area contributed by atoms with Crippen LogP contribution in [0.3, 0.4) is 0 Å². The number of carbonyl (C=O) groups is 1. The Bertz CT molecular complexity index is 941. The summed E-state index contributed by atoms with van der Waals surface area (Å²) in [6.07, 6.45) is 1.62. The summed E-state index contributed by atoms with van der Waals surface area (Å²) in [7, 11) is 0. The molecule has 1 heterocycles. The monoisotopic (exact) mass is 367 g/mol. The number of benzene rings is 2. The topological polar surface area (TPSA) is 62.9 Å². The molecule has 1 aromatic heterocycles. The number of anilines is 1. The number of aryl methyl sites for hydroxylation is 1. The lowest BCUT2D eigenvalue weighted by molar-refractivity contribution is -0.136. The zero-order valence-corrected chi connectivity index (χ0v) is 16.0. The largest absolute Gasteiger partial charge is 0.489 e. The molecule has 5 nitrogen and oxygen atoms in total. The summed E-state index contributed by atoms with van der Waals surface area (Å²) in [6.45, 7) is 8.33. The summed E-state index contributed by atoms with van der Waals surface area (Å²) in [5, 5.41) is 10.2. The van der Waals surface area contributed by atoms with Crippen molar-refractivity contribution in [2.24, 2.45) is 0 Å². The Labute approximate surface area is 159 Å². The summed E-state index contributed by atoms with van der Waals surface area (Å²) in [4.78, 5) is 13.4. The number of carboxylic acid groups (broad SMARTS) is 1. The number of hydrogen-bond acceptors (Lipinski definition) is 4. The number of nitrogens with zero attached hydrogens (tertiary/aromatic N) is 1. The van der Waals surface area contributed by atoms with Crippen LogP contribution in [0, 0.1) is 6.92 Å². The lowest BCUT2D eigenvalue weighted by Gasteiger charge is -2.22. The molecule has 2 aromatic carbocycles. The molecule has 0 atom stereocenters. The van der Waals surface area contributed by atoms with Gasteiger partial charge in [-0.05, 0) is 56.2 Å². The van der Waals surface area contributed by atoms with Gasteiger partial charge in [-0.15, -0.1) is 0 Å². The average molecular weight is 367 g/mol. The third-order valence-corrected chi connectivity index (χ3v) is 4.71. The van der Waals surface area contributed by atoms with E-state index in [9.17, 15) is 9.90 Å². The van der Waals surface area contributed by atoms with Crippen molar-refractivity contribution in [2.75, 3.05) is 18.0 Å². The van der Waals surface area contributed by atoms with Crippen molar-refractivity contribution in [3.05, 3.63) is 59.4 Å². The van der Waals surface area contributed by atoms with Gasteiger partial charge in [-0.1, -0.05) is 6.07 Å². The molecular formula is C22H25NO4. The summed E-state index contributed by atoms with van der Waals surface area (Å²) in [5.41, 5.74) is 4.67. The predicted molar refractivity (Wildman–Crippen MR) is 107 cm³/mol. The number of ether oxygens (including phenoxy) is 1. The molecule has 0 bridgehead atoms. The molecule has 0 spiro atoms. The fourth-order valence-electron chi connectivity index (χ4n) is 3.35. The van der Waals surface area contributed by atoms with Crippen LogP contribution in [-0.4, -0.2) is 24.2 Å². The van der Waals surface area contributed by atoms with Crippen molar-refractivity contribution in [1.82, 2.24) is 0 Å². The third kappa shape index (κ3) is 4.25. The first-order valence-corrected chi connectivity index (χ1v) is 9.21. The minimum Gasteiger partial charge on any atom is -0.489 e. The second-order valence-electron chi connectivity index (χ2n) is 6.58. The Morgan fingerprint density at radius 1 is 1.15 bits per heavy atom. The molecule has 0 aliphatic heterocycles. The van der Waals surface area contributed by atoms with Gasteiger partial charge in [-0.2, -0.15) is 0 Å². The fourth-order valence-corrected chi connectivity index (χ4v) is 3.35. The van der Waals surface area contributed by atoms with Gasteiger partial charge in [-0.3, -0.25) is 4.79 Å². The molecule has 5 heteroatoms. The van der Waals surface area contributed by atoms with Crippen LogP contribution in [0.2, 0.25) is 0 Å². The smallest absolute Gasteiger partial charge is 0.307 e. The highest BCUT2D eigenvalue weighted by Crippen LogP contribution is 2.28. The highest BCUT2D eigenvalue weighted by Gasteiger charge is 2.12. The van der Waals surface area contributed by atoms with E-state index in [1.54, 1.807) is 6.26 Å². The van der Waals surface area contributed by atoms with Crippen molar-refractivity contribution in [1.29, 1.82) is 0 Å². The summed E-state index contributed by atoms with van der Waals surface area (Å²) < 4.78 is 11.5. The molecule has 0 radical (unpaired) electrons. The predicted octanol–water partition coefficient (Wildman–Crippen LogP) is 4.79. The summed E-state index contributed by atoms with van der Waals surface area (Å²) in [5.74, 6) is -0.252. The van der Waals surface area contributed by atoms with Crippen molar-refractivity contribution in [2.45, 2.75) is 33.8 Å². The van der Waals surface area contributed by atoms with Crippen molar-refractivity contribution in [3.8, 4) is 5.75 Å². The molecule has 0 amide bonds. The average Bonchev–Trinajstić information content (AvgIpc) is 3.11. The summed E-state index contributed by atoms with van der Waals surface area (Å²) >= 11 is 0. The van der Waals surface area contributed by atoms with Gasteiger partial charge in [0, 0.05) is 35.8 Å². The molecule has 142 valence electrons. The van der Waals surface area contributed by atoms with E-state index in [0.29, 0.717) is 17.9 Å². The van der Waals surface area contributed by atoms with E-state index in [0.717, 1.165) is 40.9 Å². The minimum absolute atomic E-state index is 0.0618. The van der Waals surface area contributed by atoms with Crippen LogP contribution in [-0.2, 0) is 17.8 Å². The normalized spacial score (nSPS) is 10.9. The molecule has 27 heavy (non-hydrogen) atoms. The second-order valence-corrected chi connectivity index (χ2v) is 6.58. The van der Waals surface area contributed by atoms with Crippen molar-refractivity contribution < 1.29 is 19.1 Å². The maximum atomic E-state index is 11.2. The first-order valence-electron chi connectivity index (χ1n) is 9.21. The summed E-state index contributed by atoms with van der Waals surface area (Å²) in [6, 6.07) is 11.8. The molecular weight excluding hydrogens is 342 g/mol. The molecule has 3 aromatic rings. The number of aliphatic carboxylic acids is 1. The van der Waals surface area contributed by atoms with Crippen molar-refractivity contribution >= 4 is 22.6 Å². The molecule has 0 saturated carbocycles. The van der Waals surface area contributed by atoms with E-state index in [4.69, 9.17) is 9.15 Å². The lowest BCUT2D eigenvalue weighted by atomic mass is 10.1. The zero-order chi connectivity index (χ0) is 19.4. The molecule has 0 aliphatic rings. The Morgan fingerprint density at radius 3 is 2.63 bits per heavy atom. The van der Waals surface area contributed by atoms with Gasteiger partial charge in [0.25, 0.3) is 0 Å². The van der Waals surface area contributed by atoms with Gasteiger partial charge < -0.3 is 19.2 Å². The van der Waals surface area contributed by atoms with Gasteiger partial charge in [0.05, 0.1) is 12.7 Å². The van der Waals surface area contributed by atoms with E-state index in [1.165, 1.54) is 0 Å². The van der Waals surface area contributed by atoms with Crippen LogP contribution in [0.15, 0.2) is 47.1 Å². The maximum absolute atomic E-state index is 11.2. The van der Waals surface area contributed by atoms with Gasteiger partial charge in [0.1, 0.15) is 17.9 Å². The van der Waals surface area contributed by atoms with E-state index >= 15 is 0 Å². The highest BCUT2D eigenvalue weighted by molar-refractivity contribution is 5.81. The van der Waals surface area contributed by atoms with E-state index in [-0.39, 0.29) is 6.42 Å². The van der Waals surface area contributed by atoms with Crippen LogP contribution in [0.1, 0.15) is 30.5 Å². The van der Waals surface area contributed by atoms with Crippen LogP contribution in [0.5, 0.6) is 5.75 Å². The number of hydrogen-bond donors (Lipinski definition) is 1. The Morgan fingerprint density at radius 2 is 1.93 bits per heavy atom. The Balaban J connectivity index is 1.87. The quantitative estimate of drug-likeness (QED) is 0.620. The van der Waals surface area contributed by atoms with Gasteiger partial charge in [-0.25, -0.2) is 0 Å². The van der Waals surface area contributed by atoms with E-state index in [2.05, 4.69) is 18.7 Å². The lowest BCUT2D eigenvalue weighted by Crippen LogP contribution is -2.21. The number of fused-ring (bicyclic) bond motifs is 1. The molecule has 0 unspecified atom stereocenters. The zero-order valence-electron chi connectivity index (χ0n) is 16.0. The molecule has 0 fully saturated rings. The van der Waals surface area contributed by atoms with Crippen LogP contribution in [0.25, 0.3) is 11.0 Å². The number of rotatable bonds is 8. The van der Waals surface area contributed by atoms with Gasteiger partial charge in [0.15, 0.2) is 0 Å². The Kier molecular flexibility index (Phi) is 5.69. The first-order chi connectivity index (χ1) is 13.0. The molecule has 0 aliphatic carbocycles. The maximum Gasteiger partial charge on any atom is 0.307 e. The van der Waals surface area contributed by atoms with Gasteiger partial charge >= 0.3 is 5.97 Å². The number of furan rings is 1. The standard InChI is InChI=1S/C22H25NO4/c1-4-23(5-2)19-7-6-17(12-21(24)25)20(13-19)27-14-16-10-15(3)22-18(11-16)8-9-26-22/h6-11,13H,4-5,12,14H2,1-3H3,(H,24,25). The highest BCUT2D eigenvalue weighted by atomic mass is 16.5. The van der Waals surface area contributed by atoms with Crippen LogP contribution < -0.4 is 9.64 Å². The number of carboxylic acids is 1. The molecule has 3 rings (SSSR count). The molecule has 0 saturated heterocycles. The Hall–Kier alpha value is -2.95. The minimum atomic E-state index is -0.869. The first kappa shape index (κ1) is 18.8. The third-order valence-electron chi connectivity index (χ3n) is 4.71. The van der Waals surface area contributed by atoms with E-state index < -0.39 is 5.97 Å². The SMILES string of the molecule is CCN(CC)c1ccc(CC(=O)O)c(OCc2cc(C)c3occc3c2)c1.